The molecule has 0 fully saturated rings. The Morgan fingerprint density at radius 3 is 2.52 bits per heavy atom. The average Bonchev–Trinajstić information content (AvgIpc) is 2.64. The number of nitrogens with zero attached hydrogens (tertiary/aromatic N) is 1. The Hall–Kier alpha value is -2.65. The highest BCUT2D eigenvalue weighted by molar-refractivity contribution is 8.00. The monoisotopic (exact) mass is 411 g/mol. The van der Waals surface area contributed by atoms with Crippen LogP contribution >= 0.6 is 23.4 Å². The molecule has 2 N–H and O–H groups in total. The number of carbonyl (C=O) groups excluding carboxylic acids is 3. The number of nitrogens with one attached hydrogen (secondary N) is 2. The van der Waals surface area contributed by atoms with Crippen LogP contribution in [0.3, 0.4) is 0 Å². The minimum Gasteiger partial charge on any atom is -0.455 e. The van der Waals surface area contributed by atoms with Crippen molar-refractivity contribution in [1.82, 2.24) is 4.98 Å². The standard InChI is InChI=1S/C17H15ClFN3O4S/c18-17-13(2-1-7-20-17)22-14(23)8-26-16(25)10-27-9-15(24)21-12-5-3-11(19)4-6-12/h1-7H,8-10H2,(H,21,24)(H,22,23). The van der Waals surface area contributed by atoms with E-state index in [-0.39, 0.29) is 22.6 Å². The second-order valence-corrected chi connectivity index (χ2v) is 6.44. The molecule has 2 amide bonds. The molecule has 2 aromatic rings. The van der Waals surface area contributed by atoms with E-state index < -0.39 is 24.3 Å². The fraction of sp³-hybridized carbons (Fsp3) is 0.176. The number of anilines is 2. The van der Waals surface area contributed by atoms with Crippen LogP contribution in [0, 0.1) is 5.82 Å². The van der Waals surface area contributed by atoms with Gasteiger partial charge in [-0.3, -0.25) is 14.4 Å². The molecule has 0 unspecified atom stereocenters. The Morgan fingerprint density at radius 2 is 1.81 bits per heavy atom. The molecular weight excluding hydrogens is 397 g/mol. The Labute approximate surface area is 163 Å². The van der Waals surface area contributed by atoms with Gasteiger partial charge in [-0.2, -0.15) is 0 Å². The number of ether oxygens (including phenoxy) is 1. The van der Waals surface area contributed by atoms with Crippen molar-refractivity contribution in [2.45, 2.75) is 0 Å². The number of rotatable bonds is 8. The quantitative estimate of drug-likeness (QED) is 0.512. The molecule has 0 atom stereocenters. The van der Waals surface area contributed by atoms with Gasteiger partial charge in [-0.25, -0.2) is 9.37 Å². The first-order valence-corrected chi connectivity index (χ1v) is 9.16. The summed E-state index contributed by atoms with van der Waals surface area (Å²) < 4.78 is 17.6. The minimum atomic E-state index is -0.637. The number of carbonyl (C=O) groups is 3. The van der Waals surface area contributed by atoms with Gasteiger partial charge in [0.15, 0.2) is 11.8 Å². The van der Waals surface area contributed by atoms with E-state index in [2.05, 4.69) is 15.6 Å². The molecule has 0 saturated heterocycles. The van der Waals surface area contributed by atoms with E-state index in [9.17, 15) is 18.8 Å². The van der Waals surface area contributed by atoms with Gasteiger partial charge in [0.05, 0.1) is 17.2 Å². The highest BCUT2D eigenvalue weighted by Crippen LogP contribution is 2.17. The van der Waals surface area contributed by atoms with Crippen LogP contribution in [0.25, 0.3) is 0 Å². The van der Waals surface area contributed by atoms with Crippen LogP contribution in [0.15, 0.2) is 42.6 Å². The van der Waals surface area contributed by atoms with E-state index in [0.717, 1.165) is 11.8 Å². The van der Waals surface area contributed by atoms with Gasteiger partial charge in [0, 0.05) is 11.9 Å². The van der Waals surface area contributed by atoms with Crippen molar-refractivity contribution in [2.75, 3.05) is 28.7 Å². The largest absolute Gasteiger partial charge is 0.455 e. The van der Waals surface area contributed by atoms with Crippen LogP contribution in [0.2, 0.25) is 5.15 Å². The lowest BCUT2D eigenvalue weighted by molar-refractivity contribution is -0.144. The predicted molar refractivity (Wildman–Crippen MR) is 101 cm³/mol. The number of halogens is 2. The third-order valence-electron chi connectivity index (χ3n) is 2.98. The van der Waals surface area contributed by atoms with Gasteiger partial charge in [-0.15, -0.1) is 11.8 Å². The van der Waals surface area contributed by atoms with Gasteiger partial charge in [-0.1, -0.05) is 11.6 Å². The summed E-state index contributed by atoms with van der Waals surface area (Å²) in [5, 5.41) is 5.15. The van der Waals surface area contributed by atoms with Crippen molar-refractivity contribution < 1.29 is 23.5 Å². The van der Waals surface area contributed by atoms with Crippen LogP contribution in [0.4, 0.5) is 15.8 Å². The van der Waals surface area contributed by atoms with Gasteiger partial charge >= 0.3 is 5.97 Å². The fourth-order valence-electron chi connectivity index (χ4n) is 1.81. The van der Waals surface area contributed by atoms with Crippen molar-refractivity contribution in [3.05, 3.63) is 53.6 Å². The van der Waals surface area contributed by atoms with Crippen molar-refractivity contribution in [1.29, 1.82) is 0 Å². The normalized spacial score (nSPS) is 10.1. The number of pyridine rings is 1. The molecule has 1 aromatic heterocycles. The van der Waals surface area contributed by atoms with E-state index in [1.165, 1.54) is 30.5 Å². The maximum Gasteiger partial charge on any atom is 0.316 e. The van der Waals surface area contributed by atoms with E-state index in [0.29, 0.717) is 11.4 Å². The van der Waals surface area contributed by atoms with Gasteiger partial charge in [0.2, 0.25) is 5.91 Å². The molecular formula is C17H15ClFN3O4S. The summed E-state index contributed by atoms with van der Waals surface area (Å²) in [5.74, 6) is -2.04. The Bertz CT molecular complexity index is 820. The highest BCUT2D eigenvalue weighted by atomic mass is 35.5. The molecule has 0 aliphatic carbocycles. The summed E-state index contributed by atoms with van der Waals surface area (Å²) in [4.78, 5) is 38.8. The van der Waals surface area contributed by atoms with Crippen LogP contribution in [0.5, 0.6) is 0 Å². The summed E-state index contributed by atoms with van der Waals surface area (Å²) in [5.41, 5.74) is 0.766. The summed E-state index contributed by atoms with van der Waals surface area (Å²) in [6, 6.07) is 8.47. The first kappa shape index (κ1) is 20.7. The Morgan fingerprint density at radius 1 is 1.07 bits per heavy atom. The number of esters is 1. The van der Waals surface area contributed by atoms with Crippen LogP contribution in [-0.4, -0.2) is 40.9 Å². The lowest BCUT2D eigenvalue weighted by atomic mass is 10.3. The number of amides is 2. The number of hydrogen-bond donors (Lipinski definition) is 2. The molecule has 27 heavy (non-hydrogen) atoms. The number of benzene rings is 1. The van der Waals surface area contributed by atoms with E-state index in [4.69, 9.17) is 16.3 Å². The molecule has 1 heterocycles. The highest BCUT2D eigenvalue weighted by Gasteiger charge is 2.11. The smallest absolute Gasteiger partial charge is 0.316 e. The summed E-state index contributed by atoms with van der Waals surface area (Å²) >= 11 is 6.83. The second kappa shape index (κ2) is 10.5. The third kappa shape index (κ3) is 7.63. The van der Waals surface area contributed by atoms with Crippen LogP contribution in [-0.2, 0) is 19.1 Å². The van der Waals surface area contributed by atoms with Gasteiger partial charge < -0.3 is 15.4 Å². The molecule has 0 aliphatic rings. The molecule has 142 valence electrons. The average molecular weight is 412 g/mol. The maximum absolute atomic E-state index is 12.8. The fourth-order valence-corrected chi connectivity index (χ4v) is 2.59. The molecule has 0 spiro atoms. The van der Waals surface area contributed by atoms with Gasteiger partial charge in [0.25, 0.3) is 5.91 Å². The topological polar surface area (TPSA) is 97.4 Å². The first-order chi connectivity index (χ1) is 12.9. The van der Waals surface area contributed by atoms with Crippen molar-refractivity contribution >= 4 is 52.5 Å². The van der Waals surface area contributed by atoms with Crippen molar-refractivity contribution in [3.63, 3.8) is 0 Å². The third-order valence-corrected chi connectivity index (χ3v) is 4.19. The number of hydrogen-bond acceptors (Lipinski definition) is 6. The van der Waals surface area contributed by atoms with Crippen LogP contribution < -0.4 is 10.6 Å². The minimum absolute atomic E-state index is 0.00393. The molecule has 0 radical (unpaired) electrons. The molecule has 1 aromatic carbocycles. The Balaban J connectivity index is 1.63. The number of thioether (sulfide) groups is 1. The molecule has 0 aliphatic heterocycles. The Kier molecular flexibility index (Phi) is 8.02. The zero-order valence-electron chi connectivity index (χ0n) is 13.9. The van der Waals surface area contributed by atoms with Crippen molar-refractivity contribution in [2.24, 2.45) is 0 Å². The first-order valence-electron chi connectivity index (χ1n) is 7.63. The zero-order valence-corrected chi connectivity index (χ0v) is 15.5. The summed E-state index contributed by atoms with van der Waals surface area (Å²) in [6.45, 7) is -0.480. The van der Waals surface area contributed by atoms with E-state index in [1.807, 2.05) is 0 Å². The molecule has 0 saturated carbocycles. The lowest BCUT2D eigenvalue weighted by Gasteiger charge is -2.07. The molecule has 7 nitrogen and oxygen atoms in total. The molecule has 2 rings (SSSR count). The zero-order chi connectivity index (χ0) is 19.6. The summed E-state index contributed by atoms with van der Waals surface area (Å²) in [7, 11) is 0. The van der Waals surface area contributed by atoms with Gasteiger partial charge in [-0.05, 0) is 36.4 Å². The SMILES string of the molecule is O=C(CSCC(=O)OCC(=O)Nc1cccnc1Cl)Nc1ccc(F)cc1. The molecule has 10 heteroatoms. The lowest BCUT2D eigenvalue weighted by Crippen LogP contribution is -2.22. The summed E-state index contributed by atoms with van der Waals surface area (Å²) in [6.07, 6.45) is 1.47. The molecule has 0 bridgehead atoms. The van der Waals surface area contributed by atoms with E-state index in [1.54, 1.807) is 12.1 Å². The maximum atomic E-state index is 12.8. The van der Waals surface area contributed by atoms with E-state index >= 15 is 0 Å². The van der Waals surface area contributed by atoms with Crippen molar-refractivity contribution in [3.8, 4) is 0 Å². The van der Waals surface area contributed by atoms with Gasteiger partial charge in [0.1, 0.15) is 5.82 Å². The predicted octanol–water partition coefficient (Wildman–Crippen LogP) is 2.73. The number of aromatic nitrogens is 1. The van der Waals surface area contributed by atoms with Crippen LogP contribution in [0.1, 0.15) is 0 Å². The second-order valence-electron chi connectivity index (χ2n) is 5.10.